The first kappa shape index (κ1) is 16.8. The second kappa shape index (κ2) is 8.75. The number of aliphatic hydroxyl groups is 1. The number of nitrogens with zero attached hydrogens (tertiary/aromatic N) is 3. The zero-order chi connectivity index (χ0) is 15.8. The number of amides is 2. The van der Waals surface area contributed by atoms with Crippen LogP contribution in [0.3, 0.4) is 0 Å². The van der Waals surface area contributed by atoms with Gasteiger partial charge >= 0.3 is 6.03 Å². The quantitative estimate of drug-likeness (QED) is 0.682. The van der Waals surface area contributed by atoms with Gasteiger partial charge in [-0.05, 0) is 32.9 Å². The number of aromatic nitrogens is 2. The lowest BCUT2D eigenvalue weighted by atomic mass is 10.1. The van der Waals surface area contributed by atoms with Crippen molar-refractivity contribution in [3.63, 3.8) is 0 Å². The molecule has 124 valence electrons. The van der Waals surface area contributed by atoms with E-state index in [-0.39, 0.29) is 18.6 Å². The van der Waals surface area contributed by atoms with Crippen LogP contribution in [-0.4, -0.2) is 63.9 Å². The Balaban J connectivity index is 1.59. The maximum atomic E-state index is 11.8. The summed E-state index contributed by atoms with van der Waals surface area (Å²) in [5.74, 6) is 0. The third-order valence-electron chi connectivity index (χ3n) is 3.84. The summed E-state index contributed by atoms with van der Waals surface area (Å²) in [6.07, 6.45) is 8.45. The van der Waals surface area contributed by atoms with Crippen LogP contribution in [0, 0.1) is 0 Å². The molecule has 2 heterocycles. The highest BCUT2D eigenvalue weighted by atomic mass is 16.3. The molecule has 0 unspecified atom stereocenters. The Labute approximate surface area is 131 Å². The Morgan fingerprint density at radius 1 is 1.32 bits per heavy atom. The fraction of sp³-hybridized carbons (Fsp3) is 0.733. The summed E-state index contributed by atoms with van der Waals surface area (Å²) in [6.45, 7) is 5.61. The Bertz CT molecular complexity index is 431. The van der Waals surface area contributed by atoms with Crippen molar-refractivity contribution in [1.29, 1.82) is 0 Å². The lowest BCUT2D eigenvalue weighted by Gasteiger charge is -2.28. The number of nitrogens with one attached hydrogen (secondary N) is 2. The number of imidazole rings is 1. The average molecular weight is 309 g/mol. The smallest absolute Gasteiger partial charge is 0.315 e. The summed E-state index contributed by atoms with van der Waals surface area (Å²) in [4.78, 5) is 18.0. The largest absolute Gasteiger partial charge is 0.390 e. The molecule has 0 aromatic carbocycles. The third kappa shape index (κ3) is 6.03. The van der Waals surface area contributed by atoms with E-state index in [4.69, 9.17) is 0 Å². The van der Waals surface area contributed by atoms with Gasteiger partial charge in [-0.2, -0.15) is 0 Å². The highest BCUT2D eigenvalue weighted by Gasteiger charge is 2.15. The Morgan fingerprint density at radius 2 is 2.09 bits per heavy atom. The van der Waals surface area contributed by atoms with E-state index in [9.17, 15) is 9.90 Å². The van der Waals surface area contributed by atoms with Gasteiger partial charge in [0.2, 0.25) is 0 Å². The van der Waals surface area contributed by atoms with Gasteiger partial charge in [0.25, 0.3) is 0 Å². The molecule has 0 saturated carbocycles. The number of hydrogen-bond acceptors (Lipinski definition) is 4. The zero-order valence-corrected chi connectivity index (χ0v) is 13.2. The lowest BCUT2D eigenvalue weighted by molar-refractivity contribution is 0.101. The summed E-state index contributed by atoms with van der Waals surface area (Å²) in [5, 5.41) is 15.6. The molecule has 1 fully saturated rings. The predicted octanol–water partition coefficient (Wildman–Crippen LogP) is 0.418. The number of urea groups is 1. The molecule has 7 heteroatoms. The molecular formula is C15H27N5O2. The number of carbonyl (C=O) groups is 1. The molecule has 1 aliphatic rings. The van der Waals surface area contributed by atoms with Gasteiger partial charge in [0.05, 0.1) is 12.4 Å². The van der Waals surface area contributed by atoms with Crippen LogP contribution in [0.4, 0.5) is 4.79 Å². The van der Waals surface area contributed by atoms with E-state index in [1.54, 1.807) is 12.5 Å². The fourth-order valence-electron chi connectivity index (χ4n) is 2.75. The maximum absolute atomic E-state index is 11.8. The number of β-amino-alcohol motifs (C(OH)–C–C–N with tert-alkyl or cyclic N) is 1. The molecule has 0 radical (unpaired) electrons. The number of piperidine rings is 1. The number of likely N-dealkylation sites (tertiary alicyclic amines) is 1. The van der Waals surface area contributed by atoms with Crippen LogP contribution < -0.4 is 10.6 Å². The van der Waals surface area contributed by atoms with Crippen molar-refractivity contribution in [3.8, 4) is 0 Å². The highest BCUT2D eigenvalue weighted by molar-refractivity contribution is 5.74. The van der Waals surface area contributed by atoms with E-state index in [1.807, 2.05) is 17.7 Å². The van der Waals surface area contributed by atoms with Gasteiger partial charge in [-0.15, -0.1) is 0 Å². The number of aliphatic hydroxyl groups excluding tert-OH is 1. The van der Waals surface area contributed by atoms with Crippen molar-refractivity contribution in [2.24, 2.45) is 0 Å². The first-order chi connectivity index (χ1) is 10.6. The van der Waals surface area contributed by atoms with E-state index in [0.29, 0.717) is 13.1 Å². The number of carbonyl (C=O) groups excluding carboxylic acids is 1. The minimum Gasteiger partial charge on any atom is -0.390 e. The van der Waals surface area contributed by atoms with E-state index < -0.39 is 6.10 Å². The molecule has 1 aromatic rings. The van der Waals surface area contributed by atoms with Crippen LogP contribution in [0.2, 0.25) is 0 Å². The van der Waals surface area contributed by atoms with Crippen LogP contribution in [0.25, 0.3) is 0 Å². The van der Waals surface area contributed by atoms with Crippen molar-refractivity contribution in [2.75, 3.05) is 26.2 Å². The van der Waals surface area contributed by atoms with Gasteiger partial charge in [-0.25, -0.2) is 9.78 Å². The van der Waals surface area contributed by atoms with Crippen LogP contribution >= 0.6 is 0 Å². The lowest BCUT2D eigenvalue weighted by Crippen LogP contribution is -2.47. The van der Waals surface area contributed by atoms with Crippen molar-refractivity contribution in [3.05, 3.63) is 18.7 Å². The predicted molar refractivity (Wildman–Crippen MR) is 84.5 cm³/mol. The molecule has 2 rings (SSSR count). The third-order valence-corrected chi connectivity index (χ3v) is 3.84. The first-order valence-electron chi connectivity index (χ1n) is 8.04. The molecule has 22 heavy (non-hydrogen) atoms. The van der Waals surface area contributed by atoms with E-state index in [2.05, 4.69) is 20.5 Å². The van der Waals surface area contributed by atoms with Crippen LogP contribution in [-0.2, 0) is 6.54 Å². The number of rotatable bonds is 7. The molecule has 0 spiro atoms. The molecule has 1 aromatic heterocycles. The summed E-state index contributed by atoms with van der Waals surface area (Å²) in [5.41, 5.74) is 0. The molecule has 1 saturated heterocycles. The summed E-state index contributed by atoms with van der Waals surface area (Å²) < 4.78 is 1.91. The normalized spacial score (nSPS) is 18.6. The Kier molecular flexibility index (Phi) is 6.67. The van der Waals surface area contributed by atoms with Crippen molar-refractivity contribution in [1.82, 2.24) is 25.1 Å². The SMILES string of the molecule is C[C@H](Cn1ccnc1)NC(=O)NC[C@@H](O)CN1CCCCC1. The number of hydrogen-bond donors (Lipinski definition) is 3. The highest BCUT2D eigenvalue weighted by Crippen LogP contribution is 2.08. The molecule has 0 bridgehead atoms. The van der Waals surface area contributed by atoms with Gasteiger partial charge in [0.15, 0.2) is 0 Å². The van der Waals surface area contributed by atoms with E-state index in [0.717, 1.165) is 13.1 Å². The summed E-state index contributed by atoms with van der Waals surface area (Å²) in [6, 6.07) is -0.251. The van der Waals surface area contributed by atoms with Crippen molar-refractivity contribution < 1.29 is 9.90 Å². The Morgan fingerprint density at radius 3 is 2.77 bits per heavy atom. The van der Waals surface area contributed by atoms with Crippen molar-refractivity contribution in [2.45, 2.75) is 44.9 Å². The maximum Gasteiger partial charge on any atom is 0.315 e. The molecule has 1 aliphatic heterocycles. The molecule has 0 aliphatic carbocycles. The summed E-state index contributed by atoms with van der Waals surface area (Å²) in [7, 11) is 0. The monoisotopic (exact) mass is 309 g/mol. The van der Waals surface area contributed by atoms with Crippen LogP contribution in [0.15, 0.2) is 18.7 Å². The fourth-order valence-corrected chi connectivity index (χ4v) is 2.75. The molecule has 3 N–H and O–H groups in total. The molecule has 2 atom stereocenters. The molecule has 7 nitrogen and oxygen atoms in total. The van der Waals surface area contributed by atoms with Gasteiger partial charge < -0.3 is 25.2 Å². The zero-order valence-electron chi connectivity index (χ0n) is 13.2. The summed E-state index contributed by atoms with van der Waals surface area (Å²) >= 11 is 0. The van der Waals surface area contributed by atoms with Crippen molar-refractivity contribution >= 4 is 6.03 Å². The van der Waals surface area contributed by atoms with Crippen LogP contribution in [0.1, 0.15) is 26.2 Å². The van der Waals surface area contributed by atoms with E-state index in [1.165, 1.54) is 19.3 Å². The molecule has 2 amide bonds. The van der Waals surface area contributed by atoms with Gasteiger partial charge in [0, 0.05) is 38.1 Å². The van der Waals surface area contributed by atoms with Gasteiger partial charge in [-0.1, -0.05) is 6.42 Å². The average Bonchev–Trinajstić information content (AvgIpc) is 2.99. The van der Waals surface area contributed by atoms with Crippen LogP contribution in [0.5, 0.6) is 0 Å². The second-order valence-electron chi connectivity index (χ2n) is 6.03. The molecular weight excluding hydrogens is 282 g/mol. The minimum absolute atomic E-state index is 0.00608. The van der Waals surface area contributed by atoms with E-state index >= 15 is 0 Å². The van der Waals surface area contributed by atoms with Gasteiger partial charge in [-0.3, -0.25) is 0 Å². The second-order valence-corrected chi connectivity index (χ2v) is 6.03. The topological polar surface area (TPSA) is 82.4 Å². The standard InChI is InChI=1S/C15H27N5O2/c1-13(10-20-8-5-16-12-20)18-15(22)17-9-14(21)11-19-6-3-2-4-7-19/h5,8,12-14,21H,2-4,6-7,9-11H2,1H3,(H2,17,18,22)/t13-,14-/m1/s1. The minimum atomic E-state index is -0.521. The Hall–Kier alpha value is -1.60. The first-order valence-corrected chi connectivity index (χ1v) is 8.04. The van der Waals surface area contributed by atoms with Gasteiger partial charge in [0.1, 0.15) is 0 Å².